The van der Waals surface area contributed by atoms with Crippen molar-refractivity contribution in [2.45, 2.75) is 59.8 Å². The van der Waals surface area contributed by atoms with Crippen LogP contribution in [0.15, 0.2) is 0 Å². The Bertz CT molecular complexity index is 772. The van der Waals surface area contributed by atoms with Crippen LogP contribution in [-0.4, -0.2) is 86.9 Å². The summed E-state index contributed by atoms with van der Waals surface area (Å²) in [5.74, 6) is -49.4. The van der Waals surface area contributed by atoms with Gasteiger partial charge in [-0.25, -0.2) is 22.0 Å². The van der Waals surface area contributed by atoms with E-state index in [4.69, 9.17) is 4.55 Å². The zero-order valence-electron chi connectivity index (χ0n) is 15.9. The molecule has 0 aromatic carbocycles. The Kier molecular flexibility index (Phi) is 10.6. The third kappa shape index (κ3) is 5.57. The maximum absolute atomic E-state index is 13.3. The summed E-state index contributed by atoms with van der Waals surface area (Å²) in [7, 11) is -3.40. The fraction of sp³-hybridized carbons (Fsp3) is 1.00. The normalized spacial score (nSPS) is 17.7. The molecule has 0 spiro atoms. The van der Waals surface area contributed by atoms with Gasteiger partial charge in [-0.05, 0) is 14.1 Å². The van der Waals surface area contributed by atoms with Crippen molar-refractivity contribution in [2.75, 3.05) is 14.1 Å². The van der Waals surface area contributed by atoms with E-state index in [0.717, 1.165) is 0 Å². The molecule has 0 aliphatic rings. The zero-order chi connectivity index (χ0) is 28.5. The van der Waals surface area contributed by atoms with Crippen LogP contribution in [0.1, 0.15) is 0 Å². The van der Waals surface area contributed by atoms with Crippen LogP contribution in [0.3, 0.4) is 0 Å². The molecule has 0 rings (SSSR count). The third-order valence-electron chi connectivity index (χ3n) is 3.43. The van der Waals surface area contributed by atoms with Crippen LogP contribution in [0.2, 0.25) is 0 Å². The predicted molar refractivity (Wildman–Crippen MR) is 76.9 cm³/mol. The van der Waals surface area contributed by atoms with Gasteiger partial charge in [-0.3, -0.25) is 4.55 Å². The van der Waals surface area contributed by atoms with Crippen LogP contribution < -0.4 is 5.32 Å². The number of alkyl halides is 17. The van der Waals surface area contributed by atoms with E-state index in [1.807, 2.05) is 14.1 Å². The molecule has 22 heteroatoms. The standard InChI is InChI=1S/C10H5F17O3S.C2H7N/c11-1(3(13)14)2(12)5(16,17)7(20,21)9(24,25)10(26,27)8(22,23)6(18,19)4(15)31(28,29)30;1-3-2/h1-4H,(H,28,29,30);3H,1-2H3. The van der Waals surface area contributed by atoms with E-state index in [-0.39, 0.29) is 0 Å². The second-order valence-corrected chi connectivity index (χ2v) is 7.50. The Morgan fingerprint density at radius 2 is 0.882 bits per heavy atom. The van der Waals surface area contributed by atoms with Crippen molar-refractivity contribution in [2.24, 2.45) is 0 Å². The molecule has 0 aromatic rings. The van der Waals surface area contributed by atoms with Gasteiger partial charge in [0.15, 0.2) is 6.17 Å². The molecule has 3 unspecified atom stereocenters. The topological polar surface area (TPSA) is 66.4 Å². The summed E-state index contributed by atoms with van der Waals surface area (Å²) in [5.41, 5.74) is -5.92. The van der Waals surface area contributed by atoms with Gasteiger partial charge in [0, 0.05) is 0 Å². The fourth-order valence-corrected chi connectivity index (χ4v) is 2.17. The highest BCUT2D eigenvalue weighted by atomic mass is 32.2. The van der Waals surface area contributed by atoms with Gasteiger partial charge < -0.3 is 5.32 Å². The van der Waals surface area contributed by atoms with E-state index in [2.05, 4.69) is 5.32 Å². The molecule has 0 bridgehead atoms. The lowest BCUT2D eigenvalue weighted by Crippen LogP contribution is -2.73. The molecule has 0 aliphatic heterocycles. The second-order valence-electron chi connectivity index (χ2n) is 6.06. The van der Waals surface area contributed by atoms with Gasteiger partial charge in [-0.15, -0.1) is 0 Å². The van der Waals surface area contributed by atoms with Crippen LogP contribution in [0.25, 0.3) is 0 Å². The van der Waals surface area contributed by atoms with Gasteiger partial charge in [0.2, 0.25) is 6.17 Å². The van der Waals surface area contributed by atoms with Crippen molar-refractivity contribution < 1.29 is 87.6 Å². The summed E-state index contributed by atoms with van der Waals surface area (Å²) in [6.45, 7) is 0. The maximum atomic E-state index is 13.3. The summed E-state index contributed by atoms with van der Waals surface area (Å²) in [6, 6.07) is 0. The van der Waals surface area contributed by atoms with Crippen LogP contribution >= 0.6 is 0 Å². The highest BCUT2D eigenvalue weighted by Crippen LogP contribution is 2.61. The second kappa shape index (κ2) is 10.3. The molecule has 0 radical (unpaired) electrons. The average Bonchev–Trinajstić information content (AvgIpc) is 2.64. The van der Waals surface area contributed by atoms with E-state index in [1.165, 1.54) is 0 Å². The molecule has 0 amide bonds. The van der Waals surface area contributed by atoms with E-state index >= 15 is 0 Å². The summed E-state index contributed by atoms with van der Waals surface area (Å²) >= 11 is 0. The molecule has 0 fully saturated rings. The third-order valence-corrected chi connectivity index (χ3v) is 4.25. The van der Waals surface area contributed by atoms with E-state index < -0.39 is 69.9 Å². The Morgan fingerprint density at radius 1 is 0.618 bits per heavy atom. The first kappa shape index (κ1) is 34.8. The Balaban J connectivity index is 0. The van der Waals surface area contributed by atoms with Crippen molar-refractivity contribution in [3.05, 3.63) is 0 Å². The van der Waals surface area contributed by atoms with Crippen LogP contribution in [0.4, 0.5) is 74.6 Å². The highest BCUT2D eigenvalue weighted by molar-refractivity contribution is 7.86. The van der Waals surface area contributed by atoms with Crippen molar-refractivity contribution in [3.8, 4) is 0 Å². The minimum atomic E-state index is -8.61. The molecule has 4 nitrogen and oxygen atoms in total. The van der Waals surface area contributed by atoms with Gasteiger partial charge in [-0.2, -0.15) is 61.1 Å². The predicted octanol–water partition coefficient (Wildman–Crippen LogP) is 4.76. The van der Waals surface area contributed by atoms with Crippen LogP contribution in [-0.2, 0) is 10.1 Å². The van der Waals surface area contributed by atoms with Gasteiger partial charge in [0.1, 0.15) is 0 Å². The quantitative estimate of drug-likeness (QED) is 0.293. The minimum absolute atomic E-state index is 1.88. The lowest BCUT2D eigenvalue weighted by Gasteiger charge is -2.42. The van der Waals surface area contributed by atoms with E-state index in [0.29, 0.717) is 0 Å². The molecule has 2 N–H and O–H groups in total. The Labute approximate surface area is 178 Å². The molecule has 0 saturated heterocycles. The monoisotopic (exact) mass is 573 g/mol. The number of rotatable bonds is 10. The van der Waals surface area contributed by atoms with Gasteiger partial charge in [-0.1, -0.05) is 0 Å². The molecule has 208 valence electrons. The first-order chi connectivity index (χ1) is 14.6. The molecule has 0 saturated carbocycles. The molecule has 3 atom stereocenters. The van der Waals surface area contributed by atoms with E-state index in [9.17, 15) is 83.1 Å². The number of nitrogens with one attached hydrogen (secondary N) is 1. The molecule has 0 aliphatic carbocycles. The summed E-state index contributed by atoms with van der Waals surface area (Å²) in [4.78, 5) is 0. The van der Waals surface area contributed by atoms with Crippen molar-refractivity contribution in [1.82, 2.24) is 5.32 Å². The van der Waals surface area contributed by atoms with Gasteiger partial charge in [0.25, 0.3) is 11.9 Å². The van der Waals surface area contributed by atoms with Gasteiger partial charge in [0.05, 0.1) is 0 Å². The number of halogens is 17. The van der Waals surface area contributed by atoms with Crippen molar-refractivity contribution in [3.63, 3.8) is 0 Å². The Hall–Kier alpha value is -1.32. The molecular formula is C12H12F17NO3S. The Morgan fingerprint density at radius 3 is 1.12 bits per heavy atom. The number of hydrogen-bond donors (Lipinski definition) is 2. The molecule has 34 heavy (non-hydrogen) atoms. The fourth-order valence-electron chi connectivity index (χ4n) is 1.64. The summed E-state index contributed by atoms with van der Waals surface area (Å²) < 4.78 is 248. The maximum Gasteiger partial charge on any atom is 0.384 e. The van der Waals surface area contributed by atoms with Crippen molar-refractivity contribution >= 4 is 10.1 Å². The molecule has 0 aromatic heterocycles. The van der Waals surface area contributed by atoms with Crippen molar-refractivity contribution in [1.29, 1.82) is 0 Å². The average molecular weight is 573 g/mol. The number of hydrogen-bond acceptors (Lipinski definition) is 3. The lowest BCUT2D eigenvalue weighted by atomic mass is 9.89. The smallest absolute Gasteiger partial charge is 0.323 e. The lowest BCUT2D eigenvalue weighted by molar-refractivity contribution is -0.432. The van der Waals surface area contributed by atoms with Crippen LogP contribution in [0.5, 0.6) is 0 Å². The highest BCUT2D eigenvalue weighted by Gasteiger charge is 2.92. The molecular weight excluding hydrogens is 561 g/mol. The SMILES string of the molecule is CNC.O=S(=O)(O)C(F)C(F)(F)C(F)(F)C(F)(F)C(F)(F)C(F)(F)C(F)(F)C(F)C(F)C(F)F. The zero-order valence-corrected chi connectivity index (χ0v) is 16.7. The van der Waals surface area contributed by atoms with E-state index in [1.54, 1.807) is 0 Å². The summed E-state index contributed by atoms with van der Waals surface area (Å²) in [6.07, 6.45) is -15.9. The first-order valence-corrected chi connectivity index (χ1v) is 9.11. The minimum Gasteiger partial charge on any atom is -0.323 e. The van der Waals surface area contributed by atoms with Crippen LogP contribution in [0, 0.1) is 0 Å². The first-order valence-electron chi connectivity index (χ1n) is 7.60. The summed E-state index contributed by atoms with van der Waals surface area (Å²) in [5, 5.41) is 2.75. The van der Waals surface area contributed by atoms with Gasteiger partial charge >= 0.3 is 45.7 Å². The largest absolute Gasteiger partial charge is 0.384 e. The molecule has 0 heterocycles.